The first-order valence-electron chi connectivity index (χ1n) is 11.6. The maximum absolute atomic E-state index is 12.3. The molecule has 0 unspecified atom stereocenters. The molecule has 2 N–H and O–H groups in total. The Morgan fingerprint density at radius 3 is 2.82 bits per heavy atom. The van der Waals surface area contributed by atoms with Gasteiger partial charge in [-0.15, -0.1) is 0 Å². The number of carbonyl (C=O) groups excluding carboxylic acids is 1. The quantitative estimate of drug-likeness (QED) is 0.432. The van der Waals surface area contributed by atoms with E-state index in [1.54, 1.807) is 6.33 Å². The maximum Gasteiger partial charge on any atom is 0.312 e. The molecule has 2 fully saturated rings. The molecule has 8 heteroatoms. The molecule has 2 aliphatic heterocycles. The molecule has 0 saturated carbocycles. The Morgan fingerprint density at radius 1 is 1.15 bits per heavy atom. The standard InChI is InChI=1S/C26H26N6O2/c1-16-3-2-4-23(31-16)25-24(29-15-30-25)18-5-6-22-19(7-18)8-21(11-28-22)32-12-20(13-32)26(33)34-14-17-9-27-10-17/h2-8,11,15,17,20,27H,9-10,12-14H2,1H3,(H,29,30). The number of fused-ring (bicyclic) bond motifs is 1. The number of aromatic nitrogens is 4. The van der Waals surface area contributed by atoms with Gasteiger partial charge in [0.1, 0.15) is 0 Å². The average Bonchev–Trinajstić information content (AvgIpc) is 3.27. The lowest BCUT2D eigenvalue weighted by molar-refractivity contribution is -0.151. The molecule has 2 saturated heterocycles. The molecule has 0 amide bonds. The second-order valence-corrected chi connectivity index (χ2v) is 9.15. The van der Waals surface area contributed by atoms with E-state index in [9.17, 15) is 4.79 Å². The number of H-pyrrole nitrogens is 1. The summed E-state index contributed by atoms with van der Waals surface area (Å²) in [5.41, 5.74) is 6.52. The Kier molecular flexibility index (Phi) is 5.22. The minimum Gasteiger partial charge on any atom is -0.465 e. The van der Waals surface area contributed by atoms with Gasteiger partial charge in [0.2, 0.25) is 0 Å². The van der Waals surface area contributed by atoms with Crippen molar-refractivity contribution in [3.05, 3.63) is 60.7 Å². The lowest BCUT2D eigenvalue weighted by atomic mass is 9.98. The lowest BCUT2D eigenvalue weighted by Crippen LogP contribution is -2.52. The molecule has 0 atom stereocenters. The van der Waals surface area contributed by atoms with E-state index in [-0.39, 0.29) is 11.9 Å². The number of hydrogen-bond donors (Lipinski definition) is 2. The number of carbonyl (C=O) groups is 1. The summed E-state index contributed by atoms with van der Waals surface area (Å²) in [6.07, 6.45) is 3.58. The van der Waals surface area contributed by atoms with E-state index in [2.05, 4.69) is 42.3 Å². The van der Waals surface area contributed by atoms with Gasteiger partial charge in [0.25, 0.3) is 0 Å². The Hall–Kier alpha value is -3.78. The van der Waals surface area contributed by atoms with E-state index in [0.717, 1.165) is 58.0 Å². The third kappa shape index (κ3) is 3.90. The molecule has 2 aliphatic rings. The van der Waals surface area contributed by atoms with Gasteiger partial charge in [0.15, 0.2) is 0 Å². The van der Waals surface area contributed by atoms with Gasteiger partial charge in [-0.1, -0.05) is 12.1 Å². The number of nitrogens with zero attached hydrogens (tertiary/aromatic N) is 4. The number of ether oxygens (including phenoxy) is 1. The molecule has 6 rings (SSSR count). The van der Waals surface area contributed by atoms with Crippen LogP contribution in [0.5, 0.6) is 0 Å². The summed E-state index contributed by atoms with van der Waals surface area (Å²) in [4.78, 5) is 31.6. The van der Waals surface area contributed by atoms with Crippen molar-refractivity contribution in [2.75, 3.05) is 37.7 Å². The molecular formula is C26H26N6O2. The molecule has 0 bridgehead atoms. The molecule has 172 valence electrons. The van der Waals surface area contributed by atoms with Crippen LogP contribution in [0.15, 0.2) is 55.0 Å². The number of pyridine rings is 2. The van der Waals surface area contributed by atoms with Crippen LogP contribution in [0.2, 0.25) is 0 Å². The van der Waals surface area contributed by atoms with Crippen LogP contribution in [0, 0.1) is 18.8 Å². The highest BCUT2D eigenvalue weighted by atomic mass is 16.5. The maximum atomic E-state index is 12.3. The number of rotatable bonds is 6. The van der Waals surface area contributed by atoms with Gasteiger partial charge in [0.05, 0.1) is 53.3 Å². The summed E-state index contributed by atoms with van der Waals surface area (Å²) < 4.78 is 5.48. The van der Waals surface area contributed by atoms with E-state index in [0.29, 0.717) is 25.6 Å². The Labute approximate surface area is 197 Å². The SMILES string of the molecule is Cc1cccc(-c2[nH]cnc2-c2ccc3ncc(N4CC(C(=O)OCC5CNC5)C4)cc3c2)n1. The third-order valence-electron chi connectivity index (χ3n) is 6.63. The first-order valence-corrected chi connectivity index (χ1v) is 11.6. The summed E-state index contributed by atoms with van der Waals surface area (Å²) in [5.74, 6) is 0.314. The summed E-state index contributed by atoms with van der Waals surface area (Å²) in [7, 11) is 0. The van der Waals surface area contributed by atoms with Gasteiger partial charge in [-0.3, -0.25) is 14.8 Å². The zero-order valence-electron chi connectivity index (χ0n) is 19.0. The molecular weight excluding hydrogens is 428 g/mol. The van der Waals surface area contributed by atoms with Gasteiger partial charge in [-0.05, 0) is 37.3 Å². The largest absolute Gasteiger partial charge is 0.465 e. The molecule has 0 radical (unpaired) electrons. The molecule has 34 heavy (non-hydrogen) atoms. The molecule has 1 aromatic carbocycles. The van der Waals surface area contributed by atoms with E-state index >= 15 is 0 Å². The molecule has 0 aliphatic carbocycles. The fraction of sp³-hybridized carbons (Fsp3) is 0.308. The number of imidazole rings is 1. The number of aromatic amines is 1. The van der Waals surface area contributed by atoms with E-state index < -0.39 is 0 Å². The molecule has 3 aromatic heterocycles. The number of benzene rings is 1. The van der Waals surface area contributed by atoms with Crippen molar-refractivity contribution in [1.82, 2.24) is 25.3 Å². The topological polar surface area (TPSA) is 96.0 Å². The van der Waals surface area contributed by atoms with Gasteiger partial charge in [-0.2, -0.15) is 0 Å². The number of esters is 1. The smallest absolute Gasteiger partial charge is 0.312 e. The highest BCUT2D eigenvalue weighted by Crippen LogP contribution is 2.32. The zero-order valence-corrected chi connectivity index (χ0v) is 19.0. The van der Waals surface area contributed by atoms with Crippen molar-refractivity contribution in [1.29, 1.82) is 0 Å². The second kappa shape index (κ2) is 8.53. The summed E-state index contributed by atoms with van der Waals surface area (Å²) in [6.45, 7) is 5.71. The van der Waals surface area contributed by atoms with E-state index in [1.807, 2.05) is 43.5 Å². The first-order chi connectivity index (χ1) is 16.6. The van der Waals surface area contributed by atoms with Gasteiger partial charge in [0, 0.05) is 48.7 Å². The van der Waals surface area contributed by atoms with Gasteiger partial charge < -0.3 is 19.9 Å². The van der Waals surface area contributed by atoms with Gasteiger partial charge >= 0.3 is 5.97 Å². The number of hydrogen-bond acceptors (Lipinski definition) is 7. The van der Waals surface area contributed by atoms with Crippen molar-refractivity contribution in [2.24, 2.45) is 11.8 Å². The molecule has 4 aromatic rings. The van der Waals surface area contributed by atoms with E-state index in [1.165, 1.54) is 0 Å². The predicted octanol–water partition coefficient (Wildman–Crippen LogP) is 3.19. The molecule has 0 spiro atoms. The normalized spacial score (nSPS) is 16.3. The second-order valence-electron chi connectivity index (χ2n) is 9.15. The van der Waals surface area contributed by atoms with Crippen LogP contribution in [0.25, 0.3) is 33.5 Å². The molecule has 5 heterocycles. The number of aryl methyl sites for hydroxylation is 1. The number of anilines is 1. The van der Waals surface area contributed by atoms with Crippen molar-refractivity contribution in [3.8, 4) is 22.6 Å². The fourth-order valence-electron chi connectivity index (χ4n) is 4.45. The summed E-state index contributed by atoms with van der Waals surface area (Å²) >= 11 is 0. The summed E-state index contributed by atoms with van der Waals surface area (Å²) in [5, 5.41) is 4.23. The summed E-state index contributed by atoms with van der Waals surface area (Å²) in [6, 6.07) is 14.3. The molecule has 8 nitrogen and oxygen atoms in total. The minimum atomic E-state index is -0.0880. The fourth-order valence-corrected chi connectivity index (χ4v) is 4.45. The van der Waals surface area contributed by atoms with Crippen LogP contribution in [0.3, 0.4) is 0 Å². The number of nitrogens with one attached hydrogen (secondary N) is 2. The van der Waals surface area contributed by atoms with Crippen molar-refractivity contribution in [2.45, 2.75) is 6.92 Å². The minimum absolute atomic E-state index is 0.0662. The van der Waals surface area contributed by atoms with Crippen molar-refractivity contribution >= 4 is 22.6 Å². The van der Waals surface area contributed by atoms with Crippen LogP contribution in [0.4, 0.5) is 5.69 Å². The predicted molar refractivity (Wildman–Crippen MR) is 130 cm³/mol. The van der Waals surface area contributed by atoms with Gasteiger partial charge in [-0.25, -0.2) is 4.98 Å². The average molecular weight is 455 g/mol. The van der Waals surface area contributed by atoms with Crippen LogP contribution in [-0.2, 0) is 9.53 Å². The third-order valence-corrected chi connectivity index (χ3v) is 6.63. The van der Waals surface area contributed by atoms with Crippen LogP contribution in [-0.4, -0.2) is 58.7 Å². The highest BCUT2D eigenvalue weighted by Gasteiger charge is 2.35. The lowest BCUT2D eigenvalue weighted by Gasteiger charge is -2.39. The zero-order chi connectivity index (χ0) is 23.1. The van der Waals surface area contributed by atoms with Crippen LogP contribution >= 0.6 is 0 Å². The highest BCUT2D eigenvalue weighted by molar-refractivity contribution is 5.89. The monoisotopic (exact) mass is 454 g/mol. The van der Waals surface area contributed by atoms with Crippen molar-refractivity contribution < 1.29 is 9.53 Å². The Morgan fingerprint density at radius 2 is 2.03 bits per heavy atom. The van der Waals surface area contributed by atoms with Crippen molar-refractivity contribution in [3.63, 3.8) is 0 Å². The Balaban J connectivity index is 1.20. The van der Waals surface area contributed by atoms with Crippen LogP contribution < -0.4 is 10.2 Å². The van der Waals surface area contributed by atoms with Crippen LogP contribution in [0.1, 0.15) is 5.69 Å². The Bertz CT molecular complexity index is 1360. The first kappa shape index (κ1) is 20.8. The van der Waals surface area contributed by atoms with E-state index in [4.69, 9.17) is 4.74 Å².